The Hall–Kier alpha value is -0.880. The first-order valence-corrected chi connectivity index (χ1v) is 8.18. The lowest BCUT2D eigenvalue weighted by Crippen LogP contribution is -2.37. The normalized spacial score (nSPS) is 22.8. The van der Waals surface area contributed by atoms with Crippen molar-refractivity contribution in [3.63, 3.8) is 0 Å². The molecule has 112 valence electrons. The van der Waals surface area contributed by atoms with Crippen LogP contribution in [-0.2, 0) is 6.54 Å². The third kappa shape index (κ3) is 3.41. The summed E-state index contributed by atoms with van der Waals surface area (Å²) in [5.41, 5.74) is 6.56. The Bertz CT molecular complexity index is 502. The van der Waals surface area contributed by atoms with E-state index in [2.05, 4.69) is 26.3 Å². The predicted octanol–water partition coefficient (Wildman–Crippen LogP) is 2.35. The number of hydrogen-bond donors (Lipinski definition) is 2. The van der Waals surface area contributed by atoms with Crippen molar-refractivity contribution < 1.29 is 0 Å². The third-order valence-electron chi connectivity index (χ3n) is 3.97. The highest BCUT2D eigenvalue weighted by molar-refractivity contribution is 9.10. The molecule has 0 saturated heterocycles. The minimum absolute atomic E-state index is 0.0723. The maximum absolute atomic E-state index is 12.2. The van der Waals surface area contributed by atoms with Crippen LogP contribution in [0.1, 0.15) is 39.0 Å². The van der Waals surface area contributed by atoms with Gasteiger partial charge in [-0.2, -0.15) is 5.10 Å². The Balaban J connectivity index is 2.17. The third-order valence-corrected chi connectivity index (χ3v) is 4.74. The number of aryl methyl sites for hydroxylation is 1. The molecular weight excluding hydrogens is 320 g/mol. The molecule has 0 spiro atoms. The molecule has 3 N–H and O–H groups in total. The van der Waals surface area contributed by atoms with Crippen LogP contribution in [0.15, 0.2) is 15.5 Å². The summed E-state index contributed by atoms with van der Waals surface area (Å²) in [4.78, 5) is 12.2. The zero-order valence-electron chi connectivity index (χ0n) is 11.9. The molecule has 0 aliphatic heterocycles. The van der Waals surface area contributed by atoms with Gasteiger partial charge in [0.2, 0.25) is 0 Å². The van der Waals surface area contributed by atoms with Crippen LogP contribution in [0, 0.1) is 5.92 Å². The zero-order chi connectivity index (χ0) is 14.5. The molecule has 0 radical (unpaired) electrons. The zero-order valence-corrected chi connectivity index (χ0v) is 13.5. The molecule has 0 bridgehead atoms. The SMILES string of the molecule is CCCn1ncc(NC2CCCCC2CN)c(Br)c1=O. The molecule has 1 aliphatic carbocycles. The van der Waals surface area contributed by atoms with Crippen molar-refractivity contribution in [3.8, 4) is 0 Å². The first-order valence-electron chi connectivity index (χ1n) is 7.39. The van der Waals surface area contributed by atoms with Gasteiger partial charge < -0.3 is 11.1 Å². The molecule has 1 aromatic heterocycles. The minimum Gasteiger partial charge on any atom is -0.380 e. The lowest BCUT2D eigenvalue weighted by Gasteiger charge is -2.32. The Labute approximate surface area is 128 Å². The van der Waals surface area contributed by atoms with Crippen LogP contribution in [0.4, 0.5) is 5.69 Å². The molecule has 0 amide bonds. The monoisotopic (exact) mass is 342 g/mol. The summed E-state index contributed by atoms with van der Waals surface area (Å²) in [7, 11) is 0. The van der Waals surface area contributed by atoms with Gasteiger partial charge in [-0.3, -0.25) is 4.79 Å². The predicted molar refractivity (Wildman–Crippen MR) is 84.9 cm³/mol. The Morgan fingerprint density at radius 2 is 2.25 bits per heavy atom. The second-order valence-electron chi connectivity index (χ2n) is 5.43. The van der Waals surface area contributed by atoms with E-state index >= 15 is 0 Å². The number of rotatable bonds is 5. The number of nitrogens with two attached hydrogens (primary N) is 1. The maximum atomic E-state index is 12.2. The lowest BCUT2D eigenvalue weighted by atomic mass is 9.84. The van der Waals surface area contributed by atoms with Gasteiger partial charge in [0.15, 0.2) is 0 Å². The molecule has 6 heteroatoms. The summed E-state index contributed by atoms with van der Waals surface area (Å²) in [5.74, 6) is 0.480. The van der Waals surface area contributed by atoms with Crippen molar-refractivity contribution in [2.45, 2.75) is 51.6 Å². The molecule has 0 aromatic carbocycles. The topological polar surface area (TPSA) is 72.9 Å². The van der Waals surface area contributed by atoms with E-state index in [-0.39, 0.29) is 5.56 Å². The number of nitrogens with one attached hydrogen (secondary N) is 1. The Kier molecular flexibility index (Phi) is 5.60. The van der Waals surface area contributed by atoms with Gasteiger partial charge in [0.25, 0.3) is 5.56 Å². The second kappa shape index (κ2) is 7.22. The van der Waals surface area contributed by atoms with E-state index in [0.717, 1.165) is 24.9 Å². The van der Waals surface area contributed by atoms with Crippen molar-refractivity contribution in [2.75, 3.05) is 11.9 Å². The summed E-state index contributed by atoms with van der Waals surface area (Å²) in [5, 5.41) is 7.68. The van der Waals surface area contributed by atoms with Crippen molar-refractivity contribution in [2.24, 2.45) is 11.7 Å². The Morgan fingerprint density at radius 1 is 1.50 bits per heavy atom. The van der Waals surface area contributed by atoms with Gasteiger partial charge >= 0.3 is 0 Å². The summed E-state index contributed by atoms with van der Waals surface area (Å²) in [6.45, 7) is 3.37. The van der Waals surface area contributed by atoms with Crippen molar-refractivity contribution in [1.82, 2.24) is 9.78 Å². The van der Waals surface area contributed by atoms with Crippen molar-refractivity contribution in [3.05, 3.63) is 21.0 Å². The first-order chi connectivity index (χ1) is 9.67. The molecule has 5 nitrogen and oxygen atoms in total. The average molecular weight is 343 g/mol. The smallest absolute Gasteiger partial charge is 0.283 e. The van der Waals surface area contributed by atoms with E-state index in [1.54, 1.807) is 6.20 Å². The highest BCUT2D eigenvalue weighted by Crippen LogP contribution is 2.28. The van der Waals surface area contributed by atoms with Gasteiger partial charge in [0, 0.05) is 12.6 Å². The summed E-state index contributed by atoms with van der Waals surface area (Å²) in [6, 6.07) is 0.341. The molecule has 1 saturated carbocycles. The minimum atomic E-state index is -0.0723. The fraction of sp³-hybridized carbons (Fsp3) is 0.714. The van der Waals surface area contributed by atoms with Crippen LogP contribution in [0.3, 0.4) is 0 Å². The molecule has 1 heterocycles. The Morgan fingerprint density at radius 3 is 2.95 bits per heavy atom. The molecule has 2 unspecified atom stereocenters. The fourth-order valence-corrected chi connectivity index (χ4v) is 3.24. The van der Waals surface area contributed by atoms with Gasteiger partial charge in [0.05, 0.1) is 11.9 Å². The molecule has 20 heavy (non-hydrogen) atoms. The molecule has 2 atom stereocenters. The molecule has 2 rings (SSSR count). The van der Waals surface area contributed by atoms with E-state index in [1.807, 2.05) is 6.92 Å². The molecule has 1 fully saturated rings. The van der Waals surface area contributed by atoms with Crippen molar-refractivity contribution in [1.29, 1.82) is 0 Å². The van der Waals surface area contributed by atoms with Gasteiger partial charge in [0.1, 0.15) is 4.47 Å². The highest BCUT2D eigenvalue weighted by Gasteiger charge is 2.24. The van der Waals surface area contributed by atoms with Gasteiger partial charge in [-0.1, -0.05) is 19.8 Å². The van der Waals surface area contributed by atoms with E-state index in [9.17, 15) is 4.79 Å². The largest absolute Gasteiger partial charge is 0.380 e. The van der Waals surface area contributed by atoms with E-state index in [0.29, 0.717) is 29.5 Å². The van der Waals surface area contributed by atoms with Crippen LogP contribution in [0.25, 0.3) is 0 Å². The van der Waals surface area contributed by atoms with E-state index in [1.165, 1.54) is 17.5 Å². The maximum Gasteiger partial charge on any atom is 0.283 e. The van der Waals surface area contributed by atoms with E-state index < -0.39 is 0 Å². The number of hydrogen-bond acceptors (Lipinski definition) is 4. The van der Waals surface area contributed by atoms with Crippen LogP contribution < -0.4 is 16.6 Å². The van der Waals surface area contributed by atoms with Crippen LogP contribution in [0.2, 0.25) is 0 Å². The quantitative estimate of drug-likeness (QED) is 0.861. The first kappa shape index (κ1) is 15.5. The summed E-state index contributed by atoms with van der Waals surface area (Å²) < 4.78 is 2.07. The molecule has 1 aromatic rings. The lowest BCUT2D eigenvalue weighted by molar-refractivity contribution is 0.332. The second-order valence-corrected chi connectivity index (χ2v) is 6.22. The van der Waals surface area contributed by atoms with Gasteiger partial charge in [-0.15, -0.1) is 0 Å². The number of anilines is 1. The fourth-order valence-electron chi connectivity index (χ4n) is 2.82. The van der Waals surface area contributed by atoms with Crippen LogP contribution in [-0.4, -0.2) is 22.4 Å². The summed E-state index contributed by atoms with van der Waals surface area (Å²) in [6.07, 6.45) is 7.36. The standard InChI is InChI=1S/C14H23BrN4O/c1-2-7-19-14(20)13(15)12(9-17-19)18-11-6-4-3-5-10(11)8-16/h9-11,18H,2-8,16H2,1H3. The van der Waals surface area contributed by atoms with Crippen LogP contribution >= 0.6 is 15.9 Å². The van der Waals surface area contributed by atoms with E-state index in [4.69, 9.17) is 5.73 Å². The van der Waals surface area contributed by atoms with Crippen LogP contribution in [0.5, 0.6) is 0 Å². The van der Waals surface area contributed by atoms with Gasteiger partial charge in [-0.25, -0.2) is 4.68 Å². The average Bonchev–Trinajstić information content (AvgIpc) is 2.47. The number of aromatic nitrogens is 2. The molecular formula is C14H23BrN4O. The molecule has 1 aliphatic rings. The number of nitrogens with zero attached hydrogens (tertiary/aromatic N) is 2. The highest BCUT2D eigenvalue weighted by atomic mass is 79.9. The van der Waals surface area contributed by atoms with Gasteiger partial charge in [-0.05, 0) is 47.7 Å². The summed E-state index contributed by atoms with van der Waals surface area (Å²) >= 11 is 3.40. The van der Waals surface area contributed by atoms with Crippen molar-refractivity contribution >= 4 is 21.6 Å². The number of halogens is 1.